The highest BCUT2D eigenvalue weighted by atomic mass is 79.9. The summed E-state index contributed by atoms with van der Waals surface area (Å²) in [5.41, 5.74) is -1.15. The molecule has 1 rings (SSSR count). The molecule has 15 heavy (non-hydrogen) atoms. The number of rotatable bonds is 2. The molecule has 0 radical (unpaired) electrons. The summed E-state index contributed by atoms with van der Waals surface area (Å²) in [4.78, 5) is 9.41. The molecular weight excluding hydrogens is 296 g/mol. The van der Waals surface area contributed by atoms with Crippen molar-refractivity contribution in [1.29, 1.82) is 0 Å². The molecule has 1 aromatic carbocycles. The number of carbonyl (C=O) groups excluding carboxylic acids is 1. The van der Waals surface area contributed by atoms with Gasteiger partial charge in [0.25, 0.3) is 0 Å². The van der Waals surface area contributed by atoms with Crippen LogP contribution in [-0.2, 0) is 11.0 Å². The van der Waals surface area contributed by atoms with E-state index in [0.717, 1.165) is 6.07 Å². The monoisotopic (exact) mass is 300 g/mol. The van der Waals surface area contributed by atoms with Gasteiger partial charge in [-0.2, -0.15) is 13.2 Å². The topological polar surface area (TPSA) is 17.1 Å². The minimum Gasteiger partial charge on any atom is -0.302 e. The average Bonchev–Trinajstić information content (AvgIpc) is 2.15. The number of benzene rings is 1. The number of halogens is 5. The number of hydrogen-bond acceptors (Lipinski definition) is 1. The quantitative estimate of drug-likeness (QED) is 0.596. The zero-order chi connectivity index (χ0) is 11.6. The molecule has 82 valence electrons. The van der Waals surface area contributed by atoms with Gasteiger partial charge in [0.15, 0.2) is 0 Å². The van der Waals surface area contributed by atoms with Crippen LogP contribution in [0.15, 0.2) is 18.2 Å². The Labute approximate surface area is 97.4 Å². The molecule has 0 aliphatic carbocycles. The van der Waals surface area contributed by atoms with E-state index < -0.39 is 16.6 Å². The van der Waals surface area contributed by atoms with E-state index in [4.69, 9.17) is 11.6 Å². The van der Waals surface area contributed by atoms with Crippen LogP contribution in [0.5, 0.6) is 0 Å². The summed E-state index contributed by atoms with van der Waals surface area (Å²) >= 11 is 8.45. The summed E-state index contributed by atoms with van der Waals surface area (Å²) in [5.74, 6) is 0. The SMILES string of the molecule is O=CC(Br)c1c(Cl)cccc1C(F)(F)F. The highest BCUT2D eigenvalue weighted by Gasteiger charge is 2.35. The molecule has 0 aliphatic heterocycles. The Bertz CT molecular complexity index is 378. The molecule has 0 saturated carbocycles. The van der Waals surface area contributed by atoms with E-state index in [1.54, 1.807) is 0 Å². The maximum atomic E-state index is 12.5. The van der Waals surface area contributed by atoms with Crippen LogP contribution in [0.1, 0.15) is 16.0 Å². The molecule has 0 heterocycles. The Kier molecular flexibility index (Phi) is 3.78. The van der Waals surface area contributed by atoms with Crippen LogP contribution in [0.4, 0.5) is 13.2 Å². The van der Waals surface area contributed by atoms with Crippen LogP contribution in [-0.4, -0.2) is 6.29 Å². The molecule has 0 fully saturated rings. The van der Waals surface area contributed by atoms with Gasteiger partial charge in [-0.05, 0) is 12.1 Å². The van der Waals surface area contributed by atoms with E-state index in [1.807, 2.05) is 0 Å². The highest BCUT2D eigenvalue weighted by molar-refractivity contribution is 9.09. The van der Waals surface area contributed by atoms with Gasteiger partial charge >= 0.3 is 6.18 Å². The predicted molar refractivity (Wildman–Crippen MR) is 54.2 cm³/mol. The number of carbonyl (C=O) groups is 1. The van der Waals surface area contributed by atoms with E-state index in [2.05, 4.69) is 15.9 Å². The van der Waals surface area contributed by atoms with Crippen molar-refractivity contribution in [2.24, 2.45) is 0 Å². The molecule has 6 heteroatoms. The van der Waals surface area contributed by atoms with Crippen molar-refractivity contribution in [1.82, 2.24) is 0 Å². The summed E-state index contributed by atoms with van der Waals surface area (Å²) < 4.78 is 37.6. The maximum absolute atomic E-state index is 12.5. The fourth-order valence-corrected chi connectivity index (χ4v) is 2.05. The second kappa shape index (κ2) is 4.53. The molecular formula is C9H5BrClF3O. The maximum Gasteiger partial charge on any atom is 0.416 e. The summed E-state index contributed by atoms with van der Waals surface area (Å²) in [7, 11) is 0. The van der Waals surface area contributed by atoms with Gasteiger partial charge in [-0.1, -0.05) is 33.6 Å². The second-order valence-electron chi connectivity index (χ2n) is 2.74. The molecule has 0 bridgehead atoms. The van der Waals surface area contributed by atoms with E-state index in [1.165, 1.54) is 12.1 Å². The van der Waals surface area contributed by atoms with E-state index in [-0.39, 0.29) is 10.6 Å². The first-order chi connectivity index (χ1) is 6.88. The van der Waals surface area contributed by atoms with Gasteiger partial charge in [0.2, 0.25) is 0 Å². The second-order valence-corrected chi connectivity index (χ2v) is 4.13. The van der Waals surface area contributed by atoms with Crippen molar-refractivity contribution < 1.29 is 18.0 Å². The molecule has 0 N–H and O–H groups in total. The Morgan fingerprint density at radius 1 is 1.40 bits per heavy atom. The summed E-state index contributed by atoms with van der Waals surface area (Å²) in [6, 6.07) is 3.39. The molecule has 0 saturated heterocycles. The molecule has 1 aromatic rings. The zero-order valence-electron chi connectivity index (χ0n) is 7.18. The zero-order valence-corrected chi connectivity index (χ0v) is 9.53. The lowest BCUT2D eigenvalue weighted by Crippen LogP contribution is -2.11. The lowest BCUT2D eigenvalue weighted by Gasteiger charge is -2.15. The Hall–Kier alpha value is -0.550. The first-order valence-electron chi connectivity index (χ1n) is 3.83. The smallest absolute Gasteiger partial charge is 0.302 e. The van der Waals surface area contributed by atoms with Gasteiger partial charge in [-0.25, -0.2) is 0 Å². The van der Waals surface area contributed by atoms with Gasteiger partial charge < -0.3 is 4.79 Å². The highest BCUT2D eigenvalue weighted by Crippen LogP contribution is 2.39. The first-order valence-corrected chi connectivity index (χ1v) is 5.12. The van der Waals surface area contributed by atoms with Crippen LogP contribution in [0, 0.1) is 0 Å². The van der Waals surface area contributed by atoms with Gasteiger partial charge in [0.1, 0.15) is 6.29 Å². The fraction of sp³-hybridized carbons (Fsp3) is 0.222. The largest absolute Gasteiger partial charge is 0.416 e. The third kappa shape index (κ3) is 2.72. The van der Waals surface area contributed by atoms with E-state index in [0.29, 0.717) is 6.29 Å². The summed E-state index contributed by atoms with van der Waals surface area (Å²) in [6.07, 6.45) is -4.16. The molecule has 0 aliphatic rings. The standard InChI is InChI=1S/C9H5BrClF3O/c10-6(4-15)8-5(9(12,13)14)2-1-3-7(8)11/h1-4,6H. The molecule has 0 amide bonds. The lowest BCUT2D eigenvalue weighted by molar-refractivity contribution is -0.138. The van der Waals surface area contributed by atoms with Gasteiger partial charge in [-0.15, -0.1) is 0 Å². The van der Waals surface area contributed by atoms with Crippen molar-refractivity contribution in [2.45, 2.75) is 11.0 Å². The molecule has 1 nitrogen and oxygen atoms in total. The summed E-state index contributed by atoms with van der Waals surface area (Å²) in [5, 5.41) is -0.0844. The van der Waals surface area contributed by atoms with E-state index in [9.17, 15) is 18.0 Å². The van der Waals surface area contributed by atoms with Crippen LogP contribution in [0.3, 0.4) is 0 Å². The van der Waals surface area contributed by atoms with Gasteiger partial charge in [0.05, 0.1) is 10.4 Å². The first kappa shape index (κ1) is 12.5. The van der Waals surface area contributed by atoms with Crippen molar-refractivity contribution in [3.05, 3.63) is 34.3 Å². The predicted octanol–water partition coefficient (Wildman–Crippen LogP) is 3.99. The van der Waals surface area contributed by atoms with Crippen LogP contribution in [0.2, 0.25) is 5.02 Å². The van der Waals surface area contributed by atoms with Gasteiger partial charge in [-0.3, -0.25) is 0 Å². The Morgan fingerprint density at radius 2 is 2.00 bits per heavy atom. The number of alkyl halides is 4. The Balaban J connectivity index is 3.39. The minimum atomic E-state index is -4.52. The third-order valence-electron chi connectivity index (χ3n) is 1.75. The molecule has 1 unspecified atom stereocenters. The normalized spacial score (nSPS) is 13.7. The van der Waals surface area contributed by atoms with Crippen molar-refractivity contribution >= 4 is 33.8 Å². The fourth-order valence-electron chi connectivity index (χ4n) is 1.13. The Morgan fingerprint density at radius 3 is 2.47 bits per heavy atom. The minimum absolute atomic E-state index is 0.0844. The third-order valence-corrected chi connectivity index (χ3v) is 2.76. The van der Waals surface area contributed by atoms with Crippen LogP contribution < -0.4 is 0 Å². The van der Waals surface area contributed by atoms with Crippen molar-refractivity contribution in [2.75, 3.05) is 0 Å². The molecule has 0 aromatic heterocycles. The molecule has 0 spiro atoms. The van der Waals surface area contributed by atoms with Crippen LogP contribution >= 0.6 is 27.5 Å². The van der Waals surface area contributed by atoms with Gasteiger partial charge in [0, 0.05) is 10.6 Å². The molecule has 1 atom stereocenters. The van der Waals surface area contributed by atoms with Crippen molar-refractivity contribution in [3.63, 3.8) is 0 Å². The summed E-state index contributed by atoms with van der Waals surface area (Å²) in [6.45, 7) is 0. The van der Waals surface area contributed by atoms with E-state index >= 15 is 0 Å². The number of hydrogen-bond donors (Lipinski definition) is 0. The van der Waals surface area contributed by atoms with Crippen LogP contribution in [0.25, 0.3) is 0 Å². The number of aldehydes is 1. The average molecular weight is 301 g/mol. The lowest BCUT2D eigenvalue weighted by atomic mass is 10.0. The van der Waals surface area contributed by atoms with Crippen molar-refractivity contribution in [3.8, 4) is 0 Å².